The van der Waals surface area contributed by atoms with E-state index in [2.05, 4.69) is 10.5 Å². The van der Waals surface area contributed by atoms with Crippen molar-refractivity contribution in [1.82, 2.24) is 10.5 Å². The predicted molar refractivity (Wildman–Crippen MR) is 104 cm³/mol. The van der Waals surface area contributed by atoms with Crippen LogP contribution in [0.2, 0.25) is 0 Å². The van der Waals surface area contributed by atoms with Crippen LogP contribution in [0.4, 0.5) is 0 Å². The van der Waals surface area contributed by atoms with Gasteiger partial charge in [-0.3, -0.25) is 4.79 Å². The highest BCUT2D eigenvalue weighted by Crippen LogP contribution is 2.30. The second kappa shape index (κ2) is 7.88. The lowest BCUT2D eigenvalue weighted by molar-refractivity contribution is 0.0125. The Morgan fingerprint density at radius 2 is 2.07 bits per heavy atom. The van der Waals surface area contributed by atoms with Crippen LogP contribution in [0.15, 0.2) is 33.2 Å². The van der Waals surface area contributed by atoms with E-state index in [0.29, 0.717) is 59.8 Å². The molecule has 4 rings (SSSR count). The van der Waals surface area contributed by atoms with Crippen LogP contribution in [0.25, 0.3) is 11.0 Å². The molecule has 3 heterocycles. The number of carbonyl (C=O) groups excluding carboxylic acids is 1. The molecule has 0 spiro atoms. The summed E-state index contributed by atoms with van der Waals surface area (Å²) in [6.07, 6.45) is 1.13. The van der Waals surface area contributed by atoms with Gasteiger partial charge < -0.3 is 28.8 Å². The second-order valence-corrected chi connectivity index (χ2v) is 7.41. The fourth-order valence-electron chi connectivity index (χ4n) is 3.60. The Morgan fingerprint density at radius 1 is 1.28 bits per heavy atom. The predicted octanol–water partition coefficient (Wildman–Crippen LogP) is 2.89. The fourth-order valence-corrected chi connectivity index (χ4v) is 3.60. The number of aryl methyl sites for hydroxylation is 2. The van der Waals surface area contributed by atoms with E-state index in [1.54, 1.807) is 25.1 Å². The van der Waals surface area contributed by atoms with Crippen LogP contribution in [0.3, 0.4) is 0 Å². The molecule has 8 heteroatoms. The van der Waals surface area contributed by atoms with E-state index in [1.165, 1.54) is 0 Å². The molecule has 1 amide bonds. The Hall–Kier alpha value is -2.84. The Morgan fingerprint density at radius 3 is 2.76 bits per heavy atom. The molecule has 1 aromatic carbocycles. The Balaban J connectivity index is 1.58. The van der Waals surface area contributed by atoms with Crippen molar-refractivity contribution in [1.29, 1.82) is 0 Å². The Labute approximate surface area is 167 Å². The van der Waals surface area contributed by atoms with Crippen LogP contribution < -0.4 is 10.1 Å². The van der Waals surface area contributed by atoms with Crippen molar-refractivity contribution in [3.8, 4) is 5.75 Å². The normalized spacial score (nSPS) is 16.1. The molecule has 0 atom stereocenters. The van der Waals surface area contributed by atoms with E-state index in [1.807, 2.05) is 13.0 Å². The minimum atomic E-state index is -0.676. The van der Waals surface area contributed by atoms with Gasteiger partial charge in [0.2, 0.25) is 0 Å². The summed E-state index contributed by atoms with van der Waals surface area (Å²) in [5.41, 5.74) is 1.06. The lowest BCUT2D eigenvalue weighted by Crippen LogP contribution is -2.54. The SMILES string of the molecule is Cc1cc(COc2ccc3oc(C)c(C(=O)NC4(CO)CCOCC4)c3c2)no1. The molecule has 0 radical (unpaired) electrons. The van der Waals surface area contributed by atoms with Gasteiger partial charge in [0.15, 0.2) is 0 Å². The lowest BCUT2D eigenvalue weighted by Gasteiger charge is -2.36. The summed E-state index contributed by atoms with van der Waals surface area (Å²) in [6, 6.07) is 7.15. The zero-order valence-electron chi connectivity index (χ0n) is 16.5. The van der Waals surface area contributed by atoms with Crippen LogP contribution in [0.5, 0.6) is 5.75 Å². The summed E-state index contributed by atoms with van der Waals surface area (Å²) in [5.74, 6) is 1.55. The number of furan rings is 1. The molecule has 8 nitrogen and oxygen atoms in total. The molecule has 0 bridgehead atoms. The van der Waals surface area contributed by atoms with Crippen molar-refractivity contribution < 1.29 is 28.3 Å². The topological polar surface area (TPSA) is 107 Å². The molecule has 1 fully saturated rings. The first-order valence-electron chi connectivity index (χ1n) is 9.59. The number of hydrogen-bond donors (Lipinski definition) is 2. The number of benzene rings is 1. The molecule has 0 aliphatic carbocycles. The quantitative estimate of drug-likeness (QED) is 0.655. The van der Waals surface area contributed by atoms with Gasteiger partial charge in [0.1, 0.15) is 35.2 Å². The number of ether oxygens (including phenoxy) is 2. The van der Waals surface area contributed by atoms with Crippen LogP contribution >= 0.6 is 0 Å². The van der Waals surface area contributed by atoms with Gasteiger partial charge in [0, 0.05) is 24.7 Å². The average molecular weight is 400 g/mol. The first-order chi connectivity index (χ1) is 14.0. The van der Waals surface area contributed by atoms with Gasteiger partial charge in [0.05, 0.1) is 17.7 Å². The van der Waals surface area contributed by atoms with Crippen molar-refractivity contribution >= 4 is 16.9 Å². The number of rotatable bonds is 6. The third-order valence-corrected chi connectivity index (χ3v) is 5.26. The maximum absolute atomic E-state index is 13.1. The summed E-state index contributed by atoms with van der Waals surface area (Å²) in [6.45, 7) is 4.71. The average Bonchev–Trinajstić information content (AvgIpc) is 3.28. The molecular weight excluding hydrogens is 376 g/mol. The first-order valence-corrected chi connectivity index (χ1v) is 9.59. The van der Waals surface area contributed by atoms with Crippen molar-refractivity contribution in [2.45, 2.75) is 38.8 Å². The van der Waals surface area contributed by atoms with Crippen molar-refractivity contribution in [2.75, 3.05) is 19.8 Å². The number of aliphatic hydroxyl groups excluding tert-OH is 1. The second-order valence-electron chi connectivity index (χ2n) is 7.41. The van der Waals surface area contributed by atoms with Crippen LogP contribution in [-0.2, 0) is 11.3 Å². The van der Waals surface area contributed by atoms with E-state index >= 15 is 0 Å². The van der Waals surface area contributed by atoms with E-state index in [4.69, 9.17) is 18.4 Å². The number of carbonyl (C=O) groups is 1. The van der Waals surface area contributed by atoms with E-state index in [-0.39, 0.29) is 19.1 Å². The van der Waals surface area contributed by atoms with E-state index in [0.717, 1.165) is 5.76 Å². The fraction of sp³-hybridized carbons (Fsp3) is 0.429. The smallest absolute Gasteiger partial charge is 0.255 e. The van der Waals surface area contributed by atoms with Crippen LogP contribution in [0, 0.1) is 13.8 Å². The van der Waals surface area contributed by atoms with Crippen LogP contribution in [-0.4, -0.2) is 41.5 Å². The highest BCUT2D eigenvalue weighted by atomic mass is 16.5. The Kier molecular flexibility index (Phi) is 5.29. The number of nitrogens with one attached hydrogen (secondary N) is 1. The standard InChI is InChI=1S/C21H24N2O6/c1-13-9-15(23-29-13)11-27-16-3-4-18-17(10-16)19(14(2)28-18)20(25)22-21(12-24)5-7-26-8-6-21/h3-4,9-10,24H,5-8,11-12H2,1-2H3,(H,22,25). The number of hydrogen-bond acceptors (Lipinski definition) is 7. The highest BCUT2D eigenvalue weighted by Gasteiger charge is 2.35. The molecule has 0 unspecified atom stereocenters. The maximum atomic E-state index is 13.1. The number of aromatic nitrogens is 1. The number of aliphatic hydroxyl groups is 1. The highest BCUT2D eigenvalue weighted by molar-refractivity contribution is 6.07. The largest absolute Gasteiger partial charge is 0.487 e. The number of nitrogens with zero attached hydrogens (tertiary/aromatic N) is 1. The molecule has 3 aromatic rings. The summed E-state index contributed by atoms with van der Waals surface area (Å²) >= 11 is 0. The van der Waals surface area contributed by atoms with E-state index in [9.17, 15) is 9.90 Å². The Bertz CT molecular complexity index is 1020. The molecule has 0 saturated carbocycles. The zero-order chi connectivity index (χ0) is 20.4. The molecule has 2 N–H and O–H groups in total. The number of fused-ring (bicyclic) bond motifs is 1. The summed E-state index contributed by atoms with van der Waals surface area (Å²) in [4.78, 5) is 13.1. The molecule has 1 saturated heterocycles. The lowest BCUT2D eigenvalue weighted by atomic mass is 9.90. The van der Waals surface area contributed by atoms with Gasteiger partial charge in [-0.2, -0.15) is 0 Å². The third-order valence-electron chi connectivity index (χ3n) is 5.26. The molecule has 29 heavy (non-hydrogen) atoms. The van der Waals surface area contributed by atoms with Gasteiger partial charge in [-0.15, -0.1) is 0 Å². The summed E-state index contributed by atoms with van der Waals surface area (Å²) < 4.78 is 22.0. The molecule has 1 aliphatic heterocycles. The molecular formula is C21H24N2O6. The number of amides is 1. The first kappa shape index (κ1) is 19.5. The van der Waals surface area contributed by atoms with Gasteiger partial charge >= 0.3 is 0 Å². The minimum Gasteiger partial charge on any atom is -0.487 e. The van der Waals surface area contributed by atoms with Crippen molar-refractivity contribution in [2.24, 2.45) is 0 Å². The van der Waals surface area contributed by atoms with Crippen LogP contribution in [0.1, 0.15) is 40.4 Å². The van der Waals surface area contributed by atoms with Gasteiger partial charge in [0.25, 0.3) is 5.91 Å². The monoisotopic (exact) mass is 400 g/mol. The van der Waals surface area contributed by atoms with Crippen molar-refractivity contribution in [3.63, 3.8) is 0 Å². The summed E-state index contributed by atoms with van der Waals surface area (Å²) in [5, 5.41) is 17.4. The van der Waals surface area contributed by atoms with Gasteiger partial charge in [-0.1, -0.05) is 5.16 Å². The maximum Gasteiger partial charge on any atom is 0.255 e. The minimum absolute atomic E-state index is 0.136. The zero-order valence-corrected chi connectivity index (χ0v) is 16.5. The van der Waals surface area contributed by atoms with E-state index < -0.39 is 5.54 Å². The van der Waals surface area contributed by atoms with Gasteiger partial charge in [-0.25, -0.2) is 0 Å². The molecule has 1 aliphatic rings. The summed E-state index contributed by atoms with van der Waals surface area (Å²) in [7, 11) is 0. The van der Waals surface area contributed by atoms with Crippen molar-refractivity contribution in [3.05, 3.63) is 47.0 Å². The third kappa shape index (κ3) is 3.99. The van der Waals surface area contributed by atoms with Gasteiger partial charge in [-0.05, 0) is 44.9 Å². The molecule has 2 aromatic heterocycles. The molecule has 154 valence electrons.